The largest absolute Gasteiger partial charge is 0.573 e. The van der Waals surface area contributed by atoms with E-state index in [9.17, 15) is 13.2 Å². The van der Waals surface area contributed by atoms with Gasteiger partial charge in [-0.3, -0.25) is 16.3 Å². The van der Waals surface area contributed by atoms with E-state index in [1.807, 2.05) is 12.1 Å². The van der Waals surface area contributed by atoms with E-state index in [4.69, 9.17) is 5.84 Å². The lowest BCUT2D eigenvalue weighted by atomic mass is 10.00. The molecule has 0 radical (unpaired) electrons. The van der Waals surface area contributed by atoms with Gasteiger partial charge in [-0.05, 0) is 41.8 Å². The fraction of sp³-hybridized carbons (Fsp3) is 0.214. The van der Waals surface area contributed by atoms with E-state index in [2.05, 4.69) is 15.1 Å². The SMILES string of the molecule is NNC(Cc1ccncc1)c1cccc(OC(F)(F)F)c1. The van der Waals surface area contributed by atoms with Crippen molar-refractivity contribution in [2.24, 2.45) is 5.84 Å². The Balaban J connectivity index is 2.16. The first kappa shape index (κ1) is 15.3. The van der Waals surface area contributed by atoms with Crippen molar-refractivity contribution in [1.82, 2.24) is 10.4 Å². The Morgan fingerprint density at radius 2 is 1.90 bits per heavy atom. The van der Waals surface area contributed by atoms with Gasteiger partial charge < -0.3 is 4.74 Å². The summed E-state index contributed by atoms with van der Waals surface area (Å²) in [6, 6.07) is 9.06. The second kappa shape index (κ2) is 6.55. The molecule has 0 spiro atoms. The normalized spacial score (nSPS) is 13.0. The van der Waals surface area contributed by atoms with Crippen LogP contribution in [0.25, 0.3) is 0 Å². The number of hydrogen-bond acceptors (Lipinski definition) is 4. The van der Waals surface area contributed by atoms with Crippen LogP contribution < -0.4 is 16.0 Å². The molecule has 112 valence electrons. The Morgan fingerprint density at radius 3 is 2.52 bits per heavy atom. The van der Waals surface area contributed by atoms with Crippen molar-refractivity contribution in [3.63, 3.8) is 0 Å². The van der Waals surface area contributed by atoms with Gasteiger partial charge in [-0.1, -0.05) is 12.1 Å². The van der Waals surface area contributed by atoms with Crippen LogP contribution in [0.3, 0.4) is 0 Å². The Labute approximate surface area is 119 Å². The minimum absolute atomic E-state index is 0.269. The van der Waals surface area contributed by atoms with Crippen molar-refractivity contribution in [1.29, 1.82) is 0 Å². The topological polar surface area (TPSA) is 60.2 Å². The minimum Gasteiger partial charge on any atom is -0.406 e. The van der Waals surface area contributed by atoms with E-state index in [-0.39, 0.29) is 11.8 Å². The van der Waals surface area contributed by atoms with Crippen LogP contribution in [0.4, 0.5) is 13.2 Å². The maximum Gasteiger partial charge on any atom is 0.573 e. The molecule has 0 aliphatic carbocycles. The maximum absolute atomic E-state index is 12.2. The van der Waals surface area contributed by atoms with Gasteiger partial charge in [-0.2, -0.15) is 0 Å². The summed E-state index contributed by atoms with van der Waals surface area (Å²) in [7, 11) is 0. The number of hydrogen-bond donors (Lipinski definition) is 2. The number of alkyl halides is 3. The first-order chi connectivity index (χ1) is 9.98. The van der Waals surface area contributed by atoms with Crippen LogP contribution in [-0.4, -0.2) is 11.3 Å². The lowest BCUT2D eigenvalue weighted by molar-refractivity contribution is -0.274. The first-order valence-electron chi connectivity index (χ1n) is 6.18. The summed E-state index contributed by atoms with van der Waals surface area (Å²) in [5.74, 6) is 5.23. The molecule has 1 unspecified atom stereocenters. The molecule has 21 heavy (non-hydrogen) atoms. The second-order valence-electron chi connectivity index (χ2n) is 4.40. The van der Waals surface area contributed by atoms with Gasteiger partial charge in [0.05, 0.1) is 6.04 Å². The van der Waals surface area contributed by atoms with Gasteiger partial charge in [0.2, 0.25) is 0 Å². The Bertz CT molecular complexity index is 575. The van der Waals surface area contributed by atoms with Gasteiger partial charge in [0.25, 0.3) is 0 Å². The quantitative estimate of drug-likeness (QED) is 0.658. The summed E-state index contributed by atoms with van der Waals surface area (Å²) in [6.45, 7) is 0. The molecule has 0 bridgehead atoms. The van der Waals surface area contributed by atoms with Crippen LogP contribution in [0.15, 0.2) is 48.8 Å². The maximum atomic E-state index is 12.2. The number of halogens is 3. The van der Waals surface area contributed by atoms with Crippen molar-refractivity contribution in [2.75, 3.05) is 0 Å². The summed E-state index contributed by atoms with van der Waals surface area (Å²) in [5.41, 5.74) is 4.17. The number of nitrogens with zero attached hydrogens (tertiary/aromatic N) is 1. The van der Waals surface area contributed by atoms with Gasteiger partial charge >= 0.3 is 6.36 Å². The number of rotatable bonds is 5. The molecule has 0 saturated carbocycles. The molecule has 4 nitrogen and oxygen atoms in total. The van der Waals surface area contributed by atoms with Crippen LogP contribution in [-0.2, 0) is 6.42 Å². The van der Waals surface area contributed by atoms with Crippen molar-refractivity contribution in [3.05, 3.63) is 59.9 Å². The second-order valence-corrected chi connectivity index (χ2v) is 4.40. The van der Waals surface area contributed by atoms with E-state index in [0.29, 0.717) is 12.0 Å². The Hall–Kier alpha value is -2.12. The van der Waals surface area contributed by atoms with Gasteiger partial charge in [-0.15, -0.1) is 13.2 Å². The average Bonchev–Trinajstić information content (AvgIpc) is 2.44. The highest BCUT2D eigenvalue weighted by Gasteiger charge is 2.31. The fourth-order valence-corrected chi connectivity index (χ4v) is 1.96. The van der Waals surface area contributed by atoms with Gasteiger partial charge in [0, 0.05) is 12.4 Å². The molecule has 3 N–H and O–H groups in total. The number of pyridine rings is 1. The highest BCUT2D eigenvalue weighted by Crippen LogP contribution is 2.26. The van der Waals surface area contributed by atoms with Crippen molar-refractivity contribution in [3.8, 4) is 5.75 Å². The molecular weight excluding hydrogens is 283 g/mol. The molecule has 0 aliphatic heterocycles. The molecule has 7 heteroatoms. The molecule has 1 aromatic carbocycles. The molecule has 0 amide bonds. The number of ether oxygens (including phenoxy) is 1. The summed E-state index contributed by atoms with van der Waals surface area (Å²) >= 11 is 0. The number of aromatic nitrogens is 1. The van der Waals surface area contributed by atoms with Crippen molar-refractivity contribution < 1.29 is 17.9 Å². The smallest absolute Gasteiger partial charge is 0.406 e. The standard InChI is InChI=1S/C14H14F3N3O/c15-14(16,17)21-12-3-1-2-11(9-12)13(20-18)8-10-4-6-19-7-5-10/h1-7,9,13,20H,8,18H2. The fourth-order valence-electron chi connectivity index (χ4n) is 1.96. The van der Waals surface area contributed by atoms with E-state index in [1.165, 1.54) is 18.2 Å². The summed E-state index contributed by atoms with van der Waals surface area (Å²) in [6.07, 6.45) is -0.901. The predicted molar refractivity (Wildman–Crippen MR) is 71.1 cm³/mol. The molecule has 0 aliphatic rings. The van der Waals surface area contributed by atoms with E-state index < -0.39 is 6.36 Å². The zero-order chi connectivity index (χ0) is 15.3. The van der Waals surface area contributed by atoms with Crippen LogP contribution in [0, 0.1) is 0 Å². The number of nitrogens with one attached hydrogen (secondary N) is 1. The van der Waals surface area contributed by atoms with Crippen LogP contribution in [0.5, 0.6) is 5.75 Å². The van der Waals surface area contributed by atoms with Crippen LogP contribution >= 0.6 is 0 Å². The van der Waals surface area contributed by atoms with Gasteiger partial charge in [0.1, 0.15) is 5.75 Å². The highest BCUT2D eigenvalue weighted by atomic mass is 19.4. The van der Waals surface area contributed by atoms with E-state index in [0.717, 1.165) is 5.56 Å². The van der Waals surface area contributed by atoms with Crippen LogP contribution in [0.2, 0.25) is 0 Å². The van der Waals surface area contributed by atoms with Crippen molar-refractivity contribution >= 4 is 0 Å². The van der Waals surface area contributed by atoms with Gasteiger partial charge in [-0.25, -0.2) is 0 Å². The zero-order valence-electron chi connectivity index (χ0n) is 11.0. The summed E-state index contributed by atoms with van der Waals surface area (Å²) < 4.78 is 40.6. The van der Waals surface area contributed by atoms with Crippen molar-refractivity contribution in [2.45, 2.75) is 18.8 Å². The summed E-state index contributed by atoms with van der Waals surface area (Å²) in [4.78, 5) is 3.91. The molecule has 2 aromatic rings. The molecule has 1 aromatic heterocycles. The monoisotopic (exact) mass is 297 g/mol. The number of hydrazine groups is 1. The molecular formula is C14H14F3N3O. The third-order valence-electron chi connectivity index (χ3n) is 2.88. The lowest BCUT2D eigenvalue weighted by Gasteiger charge is -2.17. The van der Waals surface area contributed by atoms with Gasteiger partial charge in [0.15, 0.2) is 0 Å². The summed E-state index contributed by atoms with van der Waals surface area (Å²) in [5, 5.41) is 0. The molecule has 2 rings (SSSR count). The first-order valence-corrected chi connectivity index (χ1v) is 6.18. The highest BCUT2D eigenvalue weighted by molar-refractivity contribution is 5.31. The Morgan fingerprint density at radius 1 is 1.19 bits per heavy atom. The molecule has 0 saturated heterocycles. The average molecular weight is 297 g/mol. The Kier molecular flexibility index (Phi) is 4.77. The number of benzene rings is 1. The lowest BCUT2D eigenvalue weighted by Crippen LogP contribution is -2.29. The zero-order valence-corrected chi connectivity index (χ0v) is 11.0. The molecule has 1 heterocycles. The third-order valence-corrected chi connectivity index (χ3v) is 2.88. The third kappa shape index (κ3) is 4.73. The molecule has 0 fully saturated rings. The van der Waals surface area contributed by atoms with E-state index in [1.54, 1.807) is 18.5 Å². The van der Waals surface area contributed by atoms with Crippen LogP contribution in [0.1, 0.15) is 17.2 Å². The van der Waals surface area contributed by atoms with E-state index >= 15 is 0 Å². The minimum atomic E-state index is -4.71. The number of nitrogens with two attached hydrogens (primary N) is 1. The molecule has 1 atom stereocenters. The predicted octanol–water partition coefficient (Wildman–Crippen LogP) is 2.73.